The molecule has 3 aliphatic rings. The number of fused-ring (bicyclic) bond motifs is 3. The van der Waals surface area contributed by atoms with E-state index < -0.39 is 23.3 Å². The lowest BCUT2D eigenvalue weighted by Gasteiger charge is -2.31. The number of Topliss-reactive ketones (excluding diaryl/α,β-unsaturated/α-hetero) is 1. The van der Waals surface area contributed by atoms with Crippen LogP contribution in [-0.2, 0) is 4.79 Å². The quantitative estimate of drug-likeness (QED) is 0.329. The summed E-state index contributed by atoms with van der Waals surface area (Å²) in [6, 6.07) is 5.23. The number of hydrogen-bond donors (Lipinski definition) is 1. The topological polar surface area (TPSA) is 91.7 Å². The summed E-state index contributed by atoms with van der Waals surface area (Å²) in [4.78, 5) is 29.6. The normalized spacial score (nSPS) is 22.3. The maximum absolute atomic E-state index is 16.6. The molecule has 0 radical (unpaired) electrons. The Morgan fingerprint density at radius 3 is 2.86 bits per heavy atom. The van der Waals surface area contributed by atoms with Crippen LogP contribution in [0, 0.1) is 24.0 Å². The molecule has 4 aromatic rings. The number of nitrogens with zero attached hydrogens (tertiary/aromatic N) is 5. The van der Waals surface area contributed by atoms with Crippen molar-refractivity contribution in [2.45, 2.75) is 43.8 Å². The summed E-state index contributed by atoms with van der Waals surface area (Å²) < 4.78 is 51.8. The minimum atomic E-state index is -0.947. The molecule has 1 N–H and O–H groups in total. The summed E-state index contributed by atoms with van der Waals surface area (Å²) >= 11 is 0. The molecule has 3 fully saturated rings. The molecule has 2 atom stereocenters. The van der Waals surface area contributed by atoms with Crippen LogP contribution in [0.15, 0.2) is 30.5 Å². The van der Waals surface area contributed by atoms with Crippen LogP contribution >= 0.6 is 0 Å². The van der Waals surface area contributed by atoms with Gasteiger partial charge in [-0.3, -0.25) is 14.7 Å². The number of phenols is 1. The lowest BCUT2D eigenvalue weighted by Crippen LogP contribution is -2.43. The summed E-state index contributed by atoms with van der Waals surface area (Å²) in [7, 11) is 0. The summed E-state index contributed by atoms with van der Waals surface area (Å²) in [5.41, 5.74) is -0.780. The number of piperidine rings is 1. The number of benzene rings is 2. The van der Waals surface area contributed by atoms with Crippen molar-refractivity contribution in [3.8, 4) is 35.4 Å². The molecule has 2 aromatic heterocycles. The molecule has 0 bridgehead atoms. The number of phenolic OH excluding ortho intramolecular Hbond substituents is 1. The van der Waals surface area contributed by atoms with Gasteiger partial charge in [0.05, 0.1) is 23.0 Å². The summed E-state index contributed by atoms with van der Waals surface area (Å²) in [6.07, 6.45) is 9.19. The second kappa shape index (κ2) is 10.4. The fourth-order valence-corrected chi connectivity index (χ4v) is 6.93. The fraction of sp³-hybridized carbons (Fsp3) is 0.375. The van der Waals surface area contributed by atoms with E-state index in [0.29, 0.717) is 43.6 Å². The van der Waals surface area contributed by atoms with Gasteiger partial charge in [0, 0.05) is 43.1 Å². The third-order valence-electron chi connectivity index (χ3n) is 8.88. The average molecular weight is 588 g/mol. The number of rotatable bonds is 5. The van der Waals surface area contributed by atoms with Crippen molar-refractivity contribution >= 4 is 33.3 Å². The van der Waals surface area contributed by atoms with E-state index in [9.17, 15) is 18.7 Å². The monoisotopic (exact) mass is 587 g/mol. The number of aromatic nitrogens is 3. The van der Waals surface area contributed by atoms with Crippen molar-refractivity contribution in [1.29, 1.82) is 0 Å². The summed E-state index contributed by atoms with van der Waals surface area (Å²) in [6.45, 7) is 1.89. The van der Waals surface area contributed by atoms with Crippen LogP contribution in [0.4, 0.5) is 19.0 Å². The summed E-state index contributed by atoms with van der Waals surface area (Å²) in [5, 5.41) is 11.3. The number of terminal acetylenes is 1. The van der Waals surface area contributed by atoms with E-state index in [0.717, 1.165) is 19.4 Å². The minimum absolute atomic E-state index is 0.0287. The maximum atomic E-state index is 16.6. The molecule has 43 heavy (non-hydrogen) atoms. The van der Waals surface area contributed by atoms with Gasteiger partial charge in [0.2, 0.25) is 0 Å². The van der Waals surface area contributed by atoms with Crippen LogP contribution in [0.5, 0.6) is 11.8 Å². The van der Waals surface area contributed by atoms with Gasteiger partial charge < -0.3 is 14.7 Å². The van der Waals surface area contributed by atoms with Crippen molar-refractivity contribution in [2.75, 3.05) is 37.7 Å². The van der Waals surface area contributed by atoms with Crippen LogP contribution in [0.3, 0.4) is 0 Å². The third kappa shape index (κ3) is 4.61. The van der Waals surface area contributed by atoms with E-state index in [-0.39, 0.29) is 63.8 Å². The van der Waals surface area contributed by atoms with Crippen molar-refractivity contribution in [3.63, 3.8) is 0 Å². The highest BCUT2D eigenvalue weighted by Gasteiger charge is 2.49. The molecular formula is C32H28F3N5O3. The molecule has 0 saturated carbocycles. The van der Waals surface area contributed by atoms with E-state index >= 15 is 4.39 Å². The second-order valence-corrected chi connectivity index (χ2v) is 11.6. The highest BCUT2D eigenvalue weighted by atomic mass is 19.1. The first kappa shape index (κ1) is 27.4. The van der Waals surface area contributed by atoms with Gasteiger partial charge in [-0.15, -0.1) is 6.42 Å². The van der Waals surface area contributed by atoms with Crippen LogP contribution in [-0.4, -0.2) is 75.2 Å². The van der Waals surface area contributed by atoms with Gasteiger partial charge in [-0.1, -0.05) is 12.0 Å². The highest BCUT2D eigenvalue weighted by Crippen LogP contribution is 2.41. The number of aromatic hydroxyl groups is 1. The molecule has 0 spiro atoms. The zero-order chi connectivity index (χ0) is 29.9. The number of halogens is 3. The van der Waals surface area contributed by atoms with Gasteiger partial charge >= 0.3 is 6.01 Å². The smallest absolute Gasteiger partial charge is 0.319 e. The Balaban J connectivity index is 1.38. The molecule has 0 aliphatic carbocycles. The number of anilines is 1. The van der Waals surface area contributed by atoms with Crippen LogP contribution in [0.25, 0.3) is 32.9 Å². The molecule has 7 rings (SSSR count). The number of ether oxygens (including phenoxy) is 1. The highest BCUT2D eigenvalue weighted by molar-refractivity contribution is 6.03. The van der Waals surface area contributed by atoms with Gasteiger partial charge in [-0.2, -0.15) is 9.97 Å². The summed E-state index contributed by atoms with van der Waals surface area (Å²) in [5.74, 6) is 0.971. The predicted octanol–water partition coefficient (Wildman–Crippen LogP) is 4.93. The number of pyridine rings is 1. The third-order valence-corrected chi connectivity index (χ3v) is 8.88. The molecule has 3 saturated heterocycles. The lowest BCUT2D eigenvalue weighted by molar-refractivity contribution is -0.118. The molecule has 0 unspecified atom stereocenters. The van der Waals surface area contributed by atoms with Crippen molar-refractivity contribution in [1.82, 2.24) is 19.9 Å². The van der Waals surface area contributed by atoms with Gasteiger partial charge in [-0.05, 0) is 49.4 Å². The molecule has 0 amide bonds. The Kier molecular flexibility index (Phi) is 6.62. The lowest BCUT2D eigenvalue weighted by atomic mass is 9.95. The number of carbonyl (C=O) groups is 1. The van der Waals surface area contributed by atoms with Crippen molar-refractivity contribution < 1.29 is 27.8 Å². The molecule has 220 valence electrons. The van der Waals surface area contributed by atoms with E-state index in [1.165, 1.54) is 30.5 Å². The Bertz CT molecular complexity index is 1840. The van der Waals surface area contributed by atoms with Crippen LogP contribution < -0.4 is 9.64 Å². The molecule has 8 nitrogen and oxygen atoms in total. The standard InChI is InChI=1S/C32H28F3N5O3/c1-2-22-25(34)7-6-18-11-21(42)12-23(26(18)22)28-27(35)29-24(14-36-28)30(39-9-3-5-20(41)16-39)38-31(37-29)43-17-32-8-4-10-40(32)15-19(33)13-32/h1,6-7,11-12,14,19,42H,3-5,8-10,13,15-17H2/t19-,32+/m1/s1. The van der Waals surface area contributed by atoms with Crippen LogP contribution in [0.2, 0.25) is 0 Å². The zero-order valence-electron chi connectivity index (χ0n) is 23.2. The molecule has 2 aromatic carbocycles. The van der Waals surface area contributed by atoms with Gasteiger partial charge in [0.25, 0.3) is 0 Å². The minimum Gasteiger partial charge on any atom is -0.508 e. The Morgan fingerprint density at radius 2 is 2.05 bits per heavy atom. The number of ketones is 1. The second-order valence-electron chi connectivity index (χ2n) is 11.6. The number of hydrogen-bond acceptors (Lipinski definition) is 8. The number of carbonyl (C=O) groups excluding carboxylic acids is 1. The maximum Gasteiger partial charge on any atom is 0.319 e. The largest absolute Gasteiger partial charge is 0.508 e. The average Bonchev–Trinajstić information content (AvgIpc) is 3.51. The van der Waals surface area contributed by atoms with E-state index in [1.807, 2.05) is 0 Å². The first-order valence-corrected chi connectivity index (χ1v) is 14.3. The Morgan fingerprint density at radius 1 is 1.19 bits per heavy atom. The zero-order valence-corrected chi connectivity index (χ0v) is 23.2. The van der Waals surface area contributed by atoms with Crippen molar-refractivity contribution in [3.05, 3.63) is 47.7 Å². The van der Waals surface area contributed by atoms with Crippen LogP contribution in [0.1, 0.15) is 37.7 Å². The SMILES string of the molecule is C#Cc1c(F)ccc2cc(O)cc(-c3ncc4c(N5CCCC(=O)C5)nc(OC[C@@]56CCCN5C[C@H](F)C6)nc4c3F)c12. The van der Waals surface area contributed by atoms with Gasteiger partial charge in [0.1, 0.15) is 41.4 Å². The van der Waals surface area contributed by atoms with Gasteiger partial charge in [-0.25, -0.2) is 13.2 Å². The van der Waals surface area contributed by atoms with E-state index in [4.69, 9.17) is 11.2 Å². The molecule has 5 heterocycles. The van der Waals surface area contributed by atoms with E-state index in [2.05, 4.69) is 25.8 Å². The molecule has 3 aliphatic heterocycles. The Hall–Kier alpha value is -4.43. The first-order chi connectivity index (χ1) is 20.8. The van der Waals surface area contributed by atoms with Crippen molar-refractivity contribution in [2.24, 2.45) is 0 Å². The Labute approximate surface area is 245 Å². The predicted molar refractivity (Wildman–Crippen MR) is 155 cm³/mol. The first-order valence-electron chi connectivity index (χ1n) is 14.3. The van der Waals surface area contributed by atoms with E-state index in [1.54, 1.807) is 4.90 Å². The molecule has 11 heteroatoms. The fourth-order valence-electron chi connectivity index (χ4n) is 6.93. The molecular weight excluding hydrogens is 559 g/mol. The number of alkyl halides is 1. The van der Waals surface area contributed by atoms with Gasteiger partial charge in [0.15, 0.2) is 11.6 Å².